The van der Waals surface area contributed by atoms with Gasteiger partial charge < -0.3 is 9.13 Å². The summed E-state index contributed by atoms with van der Waals surface area (Å²) in [5.74, 6) is 0. The topological polar surface area (TPSA) is 9.86 Å². The lowest BCUT2D eigenvalue weighted by Crippen LogP contribution is -1.96. The third kappa shape index (κ3) is 4.50. The molecule has 0 unspecified atom stereocenters. The second-order valence-corrected chi connectivity index (χ2v) is 13.0. The molecule has 0 aliphatic heterocycles. The molecule has 10 aromatic rings. The second-order valence-electron chi connectivity index (χ2n) is 13.0. The Morgan fingerprint density at radius 2 is 0.720 bits per heavy atom. The average Bonchev–Trinajstić information content (AvgIpc) is 3.72. The van der Waals surface area contributed by atoms with Crippen molar-refractivity contribution < 1.29 is 0 Å². The van der Waals surface area contributed by atoms with Crippen LogP contribution in [0.25, 0.3) is 88.4 Å². The molecule has 0 aliphatic rings. The van der Waals surface area contributed by atoms with Gasteiger partial charge >= 0.3 is 0 Å². The quantitative estimate of drug-likeness (QED) is 0.178. The van der Waals surface area contributed by atoms with Crippen LogP contribution in [0.1, 0.15) is 0 Å². The Kier molecular flexibility index (Phi) is 6.53. The smallest absolute Gasteiger partial charge is 0.0547 e. The van der Waals surface area contributed by atoms with Crippen LogP contribution in [0.3, 0.4) is 0 Å². The van der Waals surface area contributed by atoms with E-state index in [1.807, 2.05) is 0 Å². The van der Waals surface area contributed by atoms with Crippen LogP contribution in [0.2, 0.25) is 0 Å². The molecule has 0 spiro atoms. The monoisotopic (exact) mass is 636 g/mol. The largest absolute Gasteiger partial charge is 0.309 e. The van der Waals surface area contributed by atoms with Crippen molar-refractivity contribution in [1.82, 2.24) is 9.13 Å². The summed E-state index contributed by atoms with van der Waals surface area (Å²) in [6.45, 7) is 0. The van der Waals surface area contributed by atoms with Crippen molar-refractivity contribution >= 4 is 43.6 Å². The molecule has 0 atom stereocenters. The summed E-state index contributed by atoms with van der Waals surface area (Å²) in [6.07, 6.45) is 0. The summed E-state index contributed by atoms with van der Waals surface area (Å²) >= 11 is 0. The van der Waals surface area contributed by atoms with Crippen LogP contribution >= 0.6 is 0 Å². The van der Waals surface area contributed by atoms with Crippen LogP contribution in [0.4, 0.5) is 0 Å². The van der Waals surface area contributed by atoms with Gasteiger partial charge in [0.2, 0.25) is 0 Å². The summed E-state index contributed by atoms with van der Waals surface area (Å²) in [4.78, 5) is 0. The maximum atomic E-state index is 2.44. The van der Waals surface area contributed by atoms with Gasteiger partial charge in [-0.1, -0.05) is 140 Å². The number of benzene rings is 8. The summed E-state index contributed by atoms with van der Waals surface area (Å²) < 4.78 is 4.82. The first-order valence-electron chi connectivity index (χ1n) is 17.2. The molecule has 2 heteroatoms. The van der Waals surface area contributed by atoms with E-state index in [-0.39, 0.29) is 0 Å². The predicted octanol–water partition coefficient (Wildman–Crippen LogP) is 12.9. The van der Waals surface area contributed by atoms with Gasteiger partial charge in [-0.25, -0.2) is 0 Å². The third-order valence-corrected chi connectivity index (χ3v) is 10.1. The van der Waals surface area contributed by atoms with E-state index in [0.717, 1.165) is 11.4 Å². The minimum Gasteiger partial charge on any atom is -0.309 e. The molecule has 0 N–H and O–H groups in total. The molecule has 0 fully saturated rings. The molecular weight excluding hydrogens is 605 g/mol. The minimum absolute atomic E-state index is 1.15. The van der Waals surface area contributed by atoms with E-state index in [1.165, 1.54) is 77.0 Å². The van der Waals surface area contributed by atoms with Crippen molar-refractivity contribution in [3.8, 4) is 44.8 Å². The van der Waals surface area contributed by atoms with Gasteiger partial charge in [0.05, 0.1) is 22.1 Å². The molecule has 2 nitrogen and oxygen atoms in total. The molecule has 0 aliphatic carbocycles. The molecule has 10 rings (SSSR count). The summed E-state index contributed by atoms with van der Waals surface area (Å²) in [7, 11) is 0. The van der Waals surface area contributed by atoms with Crippen LogP contribution < -0.4 is 0 Å². The Hall–Kier alpha value is -6.64. The second kappa shape index (κ2) is 11.5. The minimum atomic E-state index is 1.15. The highest BCUT2D eigenvalue weighted by Gasteiger charge is 2.18. The average molecular weight is 637 g/mol. The van der Waals surface area contributed by atoms with Gasteiger partial charge in [0.1, 0.15) is 0 Å². The number of aromatic nitrogens is 2. The Morgan fingerprint density at radius 3 is 1.30 bits per heavy atom. The highest BCUT2D eigenvalue weighted by molar-refractivity contribution is 6.16. The van der Waals surface area contributed by atoms with E-state index in [0.29, 0.717) is 0 Å². The fraction of sp³-hybridized carbons (Fsp3) is 0. The van der Waals surface area contributed by atoms with E-state index in [1.54, 1.807) is 0 Å². The van der Waals surface area contributed by atoms with E-state index >= 15 is 0 Å². The van der Waals surface area contributed by atoms with Crippen LogP contribution in [-0.2, 0) is 0 Å². The lowest BCUT2D eigenvalue weighted by Gasteiger charge is -2.14. The maximum Gasteiger partial charge on any atom is 0.0547 e. The number of rotatable bonds is 5. The van der Waals surface area contributed by atoms with Crippen molar-refractivity contribution in [2.24, 2.45) is 0 Å². The molecule has 0 amide bonds. The Morgan fingerprint density at radius 1 is 0.260 bits per heavy atom. The molecule has 0 bridgehead atoms. The highest BCUT2D eigenvalue weighted by atomic mass is 15.0. The normalized spacial score (nSPS) is 11.6. The van der Waals surface area contributed by atoms with Crippen molar-refractivity contribution in [2.45, 2.75) is 0 Å². The van der Waals surface area contributed by atoms with E-state index in [4.69, 9.17) is 0 Å². The van der Waals surface area contributed by atoms with E-state index in [2.05, 4.69) is 203 Å². The molecule has 234 valence electrons. The lowest BCUT2D eigenvalue weighted by atomic mass is 9.98. The van der Waals surface area contributed by atoms with E-state index < -0.39 is 0 Å². The molecule has 0 saturated carbocycles. The maximum absolute atomic E-state index is 2.44. The third-order valence-electron chi connectivity index (χ3n) is 10.1. The van der Waals surface area contributed by atoms with Gasteiger partial charge in [-0.15, -0.1) is 0 Å². The van der Waals surface area contributed by atoms with Crippen molar-refractivity contribution in [3.63, 3.8) is 0 Å². The zero-order chi connectivity index (χ0) is 33.0. The first kappa shape index (κ1) is 28.4. The Balaban J connectivity index is 1.17. The highest BCUT2D eigenvalue weighted by Crippen LogP contribution is 2.41. The van der Waals surface area contributed by atoms with Crippen LogP contribution in [0.15, 0.2) is 194 Å². The summed E-state index contributed by atoms with van der Waals surface area (Å²) in [6, 6.07) is 70.4. The molecule has 8 aromatic carbocycles. The zero-order valence-corrected chi connectivity index (χ0v) is 27.4. The summed E-state index contributed by atoms with van der Waals surface area (Å²) in [5, 5.41) is 5.06. The molecule has 2 aromatic heterocycles. The molecular formula is C48H32N2. The predicted molar refractivity (Wildman–Crippen MR) is 211 cm³/mol. The van der Waals surface area contributed by atoms with Crippen LogP contribution in [0.5, 0.6) is 0 Å². The number of hydrogen-bond donors (Lipinski definition) is 0. The number of nitrogens with zero attached hydrogens (tertiary/aromatic N) is 2. The van der Waals surface area contributed by atoms with Gasteiger partial charge in [0, 0.05) is 32.9 Å². The first-order chi connectivity index (χ1) is 24.8. The van der Waals surface area contributed by atoms with Gasteiger partial charge in [0.15, 0.2) is 0 Å². The zero-order valence-electron chi connectivity index (χ0n) is 27.4. The SMILES string of the molecule is c1ccc(-c2cc(-c3ccccc3)cc(-n3c4ccccc4c4c(-c5ccc(-n6c7ccccc7c7ccccc76)cc5)cccc43)c2)cc1. The van der Waals surface area contributed by atoms with Crippen molar-refractivity contribution in [1.29, 1.82) is 0 Å². The molecule has 2 heterocycles. The molecule has 0 radical (unpaired) electrons. The lowest BCUT2D eigenvalue weighted by molar-refractivity contribution is 1.18. The Labute approximate surface area is 290 Å². The van der Waals surface area contributed by atoms with Gasteiger partial charge in [0.25, 0.3) is 0 Å². The Bertz CT molecular complexity index is 2730. The van der Waals surface area contributed by atoms with Crippen molar-refractivity contribution in [3.05, 3.63) is 194 Å². The fourth-order valence-electron chi connectivity index (χ4n) is 7.86. The van der Waals surface area contributed by atoms with E-state index in [9.17, 15) is 0 Å². The standard InChI is InChI=1S/C48H32N2/c1-3-14-33(15-4-1)36-30-37(34-16-5-2-6-17-34)32-39(31-36)50-46-24-12-9-20-43(46)48-40(21-13-25-47(48)50)35-26-28-38(29-27-35)49-44-22-10-7-18-41(44)42-19-8-11-23-45(42)49/h1-32H. The summed E-state index contributed by atoms with van der Waals surface area (Å²) in [5.41, 5.74) is 14.4. The molecule has 0 saturated heterocycles. The van der Waals surface area contributed by atoms with Crippen molar-refractivity contribution in [2.75, 3.05) is 0 Å². The van der Waals surface area contributed by atoms with Crippen LogP contribution in [-0.4, -0.2) is 9.13 Å². The van der Waals surface area contributed by atoms with Gasteiger partial charge in [-0.05, 0) is 88.0 Å². The fourth-order valence-corrected chi connectivity index (χ4v) is 7.86. The number of fused-ring (bicyclic) bond motifs is 6. The van der Waals surface area contributed by atoms with Gasteiger partial charge in [-0.3, -0.25) is 0 Å². The van der Waals surface area contributed by atoms with Gasteiger partial charge in [-0.2, -0.15) is 0 Å². The number of para-hydroxylation sites is 3. The molecule has 50 heavy (non-hydrogen) atoms. The first-order valence-corrected chi connectivity index (χ1v) is 17.2. The van der Waals surface area contributed by atoms with Crippen LogP contribution in [0, 0.1) is 0 Å². The number of hydrogen-bond acceptors (Lipinski definition) is 0.